The van der Waals surface area contributed by atoms with E-state index >= 15 is 0 Å². The van der Waals surface area contributed by atoms with Crippen LogP contribution in [0.3, 0.4) is 0 Å². The zero-order valence-electron chi connectivity index (χ0n) is 16.5. The molecule has 1 fully saturated rings. The summed E-state index contributed by atoms with van der Waals surface area (Å²) in [6, 6.07) is 7.16. The van der Waals surface area contributed by atoms with Gasteiger partial charge in [-0.25, -0.2) is 9.78 Å². The molecule has 2 aromatic heterocycles. The first-order valence-electron chi connectivity index (χ1n) is 9.59. The van der Waals surface area contributed by atoms with Crippen molar-refractivity contribution in [3.05, 3.63) is 48.4 Å². The van der Waals surface area contributed by atoms with E-state index in [0.717, 1.165) is 37.4 Å². The largest absolute Gasteiger partial charge is 0.465 e. The molecule has 0 unspecified atom stereocenters. The van der Waals surface area contributed by atoms with Crippen LogP contribution in [0, 0.1) is 0 Å². The van der Waals surface area contributed by atoms with Crippen LogP contribution in [-0.4, -0.2) is 46.0 Å². The van der Waals surface area contributed by atoms with E-state index in [2.05, 4.69) is 25.7 Å². The Morgan fingerprint density at radius 2 is 1.93 bits per heavy atom. The molecule has 1 aliphatic rings. The van der Waals surface area contributed by atoms with Gasteiger partial charge in [-0.05, 0) is 37.1 Å². The third-order valence-electron chi connectivity index (χ3n) is 4.81. The lowest BCUT2D eigenvalue weighted by atomic mass is 10.1. The molecule has 1 saturated heterocycles. The van der Waals surface area contributed by atoms with Gasteiger partial charge in [0.05, 0.1) is 42.5 Å². The summed E-state index contributed by atoms with van der Waals surface area (Å²) in [7, 11) is 1.35. The van der Waals surface area contributed by atoms with E-state index < -0.39 is 5.97 Å². The number of aromatic nitrogens is 4. The molecule has 10 heteroatoms. The number of ether oxygens (including phenoxy) is 2. The Morgan fingerprint density at radius 1 is 1.17 bits per heavy atom. The lowest BCUT2D eigenvalue weighted by Gasteiger charge is -2.22. The third-order valence-corrected chi connectivity index (χ3v) is 4.81. The lowest BCUT2D eigenvalue weighted by molar-refractivity contribution is 0.0600. The fourth-order valence-corrected chi connectivity index (χ4v) is 3.18. The van der Waals surface area contributed by atoms with Crippen molar-refractivity contribution in [2.45, 2.75) is 18.9 Å². The summed E-state index contributed by atoms with van der Waals surface area (Å²) in [6.45, 7) is 1.51. The summed E-state index contributed by atoms with van der Waals surface area (Å²) in [5.74, 6) is 0.454. The number of nitrogen functional groups attached to an aromatic ring is 1. The molecule has 0 atom stereocenters. The minimum Gasteiger partial charge on any atom is -0.465 e. The van der Waals surface area contributed by atoms with Gasteiger partial charge in [0.2, 0.25) is 5.95 Å². The van der Waals surface area contributed by atoms with Gasteiger partial charge in [-0.15, -0.1) is 0 Å². The van der Waals surface area contributed by atoms with E-state index in [4.69, 9.17) is 15.2 Å². The number of nitrogens with zero attached hydrogens (tertiary/aromatic N) is 4. The summed E-state index contributed by atoms with van der Waals surface area (Å²) in [5.41, 5.74) is 8.39. The number of nitrogens with two attached hydrogens (primary N) is 1. The molecule has 0 radical (unpaired) electrons. The molecular formula is C20H23N7O3. The average Bonchev–Trinajstić information content (AvgIpc) is 3.25. The molecule has 10 nitrogen and oxygen atoms in total. The fourth-order valence-electron chi connectivity index (χ4n) is 3.18. The van der Waals surface area contributed by atoms with Crippen LogP contribution in [0.1, 0.15) is 29.2 Å². The normalized spacial score (nSPS) is 14.3. The van der Waals surface area contributed by atoms with E-state index in [1.807, 2.05) is 10.9 Å². The number of benzene rings is 1. The van der Waals surface area contributed by atoms with Gasteiger partial charge in [-0.2, -0.15) is 10.1 Å². The van der Waals surface area contributed by atoms with Crippen molar-refractivity contribution in [3.8, 4) is 0 Å². The lowest BCUT2D eigenvalue weighted by Crippen LogP contribution is -2.19. The molecule has 0 saturated carbocycles. The van der Waals surface area contributed by atoms with Gasteiger partial charge in [0.1, 0.15) is 0 Å². The average molecular weight is 409 g/mol. The first-order chi connectivity index (χ1) is 14.6. The molecule has 0 spiro atoms. The van der Waals surface area contributed by atoms with Crippen LogP contribution in [0.5, 0.6) is 0 Å². The molecule has 30 heavy (non-hydrogen) atoms. The van der Waals surface area contributed by atoms with Crippen LogP contribution in [0.4, 0.5) is 28.8 Å². The first-order valence-corrected chi connectivity index (χ1v) is 9.59. The van der Waals surface area contributed by atoms with E-state index in [1.165, 1.54) is 13.3 Å². The molecule has 3 aromatic rings. The molecule has 0 amide bonds. The van der Waals surface area contributed by atoms with Gasteiger partial charge in [-0.3, -0.25) is 4.68 Å². The zero-order valence-corrected chi connectivity index (χ0v) is 16.5. The number of esters is 1. The van der Waals surface area contributed by atoms with Crippen molar-refractivity contribution in [1.29, 1.82) is 0 Å². The predicted octanol–water partition coefficient (Wildman–Crippen LogP) is 2.88. The maximum absolute atomic E-state index is 11.6. The highest BCUT2D eigenvalue weighted by Gasteiger charge is 2.17. The van der Waals surface area contributed by atoms with E-state index in [-0.39, 0.29) is 0 Å². The Hall–Kier alpha value is -3.66. The standard InChI is InChI=1S/C20H23N7O3/c1-29-19(28)13-2-4-14(5-3-13)24-18-17(21)11-22-20(26-18)25-15-10-23-27(12-15)16-6-8-30-9-7-16/h2-5,10-12,16H,6-9,21H2,1H3,(H2,22,24,25,26). The number of methoxy groups -OCH3 is 1. The molecular weight excluding hydrogens is 386 g/mol. The molecule has 1 aliphatic heterocycles. The summed E-state index contributed by atoms with van der Waals surface area (Å²) >= 11 is 0. The Kier molecular flexibility index (Phi) is 5.75. The fraction of sp³-hybridized carbons (Fsp3) is 0.300. The summed E-state index contributed by atoms with van der Waals surface area (Å²) in [4.78, 5) is 20.2. The quantitative estimate of drug-likeness (QED) is 0.526. The number of carbonyl (C=O) groups excluding carboxylic acids is 1. The van der Waals surface area contributed by atoms with Crippen LogP contribution in [-0.2, 0) is 9.47 Å². The van der Waals surface area contributed by atoms with Crippen LogP contribution in [0.2, 0.25) is 0 Å². The maximum Gasteiger partial charge on any atom is 0.337 e. The van der Waals surface area contributed by atoms with Crippen LogP contribution in [0.25, 0.3) is 0 Å². The minimum absolute atomic E-state index is 0.340. The van der Waals surface area contributed by atoms with Gasteiger partial charge in [0, 0.05) is 25.1 Å². The van der Waals surface area contributed by atoms with Crippen molar-refractivity contribution in [3.63, 3.8) is 0 Å². The van der Waals surface area contributed by atoms with Crippen molar-refractivity contribution in [2.75, 3.05) is 36.7 Å². The van der Waals surface area contributed by atoms with E-state index in [0.29, 0.717) is 29.1 Å². The summed E-state index contributed by atoms with van der Waals surface area (Å²) in [5, 5.41) is 10.7. The second-order valence-corrected chi connectivity index (χ2v) is 6.87. The molecule has 0 aliphatic carbocycles. The van der Waals surface area contributed by atoms with Crippen molar-refractivity contribution in [1.82, 2.24) is 19.7 Å². The maximum atomic E-state index is 11.6. The molecule has 156 valence electrons. The van der Waals surface area contributed by atoms with Crippen LogP contribution in [0.15, 0.2) is 42.9 Å². The molecule has 3 heterocycles. The number of anilines is 5. The smallest absolute Gasteiger partial charge is 0.337 e. The first kappa shape index (κ1) is 19.6. The van der Waals surface area contributed by atoms with Crippen molar-refractivity contribution >= 4 is 34.8 Å². The number of hydrogen-bond donors (Lipinski definition) is 3. The molecule has 0 bridgehead atoms. The number of nitrogens with one attached hydrogen (secondary N) is 2. The molecule has 1 aromatic carbocycles. The third kappa shape index (κ3) is 4.49. The SMILES string of the molecule is COC(=O)c1ccc(Nc2nc(Nc3cnn(C4CCOCC4)c3)ncc2N)cc1. The second kappa shape index (κ2) is 8.78. The Morgan fingerprint density at radius 3 is 2.67 bits per heavy atom. The van der Waals surface area contributed by atoms with Gasteiger partial charge in [0.15, 0.2) is 5.82 Å². The monoisotopic (exact) mass is 409 g/mol. The molecule has 4 N–H and O–H groups in total. The van der Waals surface area contributed by atoms with Gasteiger partial charge in [-0.1, -0.05) is 0 Å². The topological polar surface area (TPSA) is 129 Å². The Bertz CT molecular complexity index is 1010. The van der Waals surface area contributed by atoms with Gasteiger partial charge in [0.25, 0.3) is 0 Å². The highest BCUT2D eigenvalue weighted by atomic mass is 16.5. The Balaban J connectivity index is 1.45. The van der Waals surface area contributed by atoms with Crippen molar-refractivity contribution in [2.24, 2.45) is 0 Å². The summed E-state index contributed by atoms with van der Waals surface area (Å²) < 4.78 is 12.1. The number of hydrogen-bond acceptors (Lipinski definition) is 9. The van der Waals surface area contributed by atoms with E-state index in [9.17, 15) is 4.79 Å². The van der Waals surface area contributed by atoms with Crippen LogP contribution >= 0.6 is 0 Å². The highest BCUT2D eigenvalue weighted by Crippen LogP contribution is 2.25. The zero-order chi connectivity index (χ0) is 20.9. The van der Waals surface area contributed by atoms with E-state index in [1.54, 1.807) is 30.5 Å². The highest BCUT2D eigenvalue weighted by molar-refractivity contribution is 5.89. The minimum atomic E-state index is -0.393. The van der Waals surface area contributed by atoms with Gasteiger partial charge < -0.3 is 25.8 Å². The summed E-state index contributed by atoms with van der Waals surface area (Å²) in [6.07, 6.45) is 7.11. The van der Waals surface area contributed by atoms with Gasteiger partial charge >= 0.3 is 5.97 Å². The van der Waals surface area contributed by atoms with Crippen molar-refractivity contribution < 1.29 is 14.3 Å². The van der Waals surface area contributed by atoms with Crippen LogP contribution < -0.4 is 16.4 Å². The number of rotatable bonds is 6. The number of carbonyl (C=O) groups is 1. The second-order valence-electron chi connectivity index (χ2n) is 6.87. The predicted molar refractivity (Wildman–Crippen MR) is 112 cm³/mol. The Labute approximate surface area is 173 Å². The molecule has 4 rings (SSSR count).